The molecular weight excluding hydrogens is 922 g/mol. The molecule has 71 heavy (non-hydrogen) atoms. The Bertz CT molecular complexity index is 2330. The summed E-state index contributed by atoms with van der Waals surface area (Å²) in [7, 11) is 0. The molecule has 390 valence electrons. The van der Waals surface area contributed by atoms with Gasteiger partial charge in [-0.25, -0.2) is 4.79 Å². The van der Waals surface area contributed by atoms with Crippen LogP contribution in [0.4, 0.5) is 0 Å². The van der Waals surface area contributed by atoms with E-state index in [4.69, 9.17) is 30.3 Å². The molecule has 1 heterocycles. The number of phenolic OH excluding ortho intramolecular Hbond substituents is 1. The van der Waals surface area contributed by atoms with Crippen LogP contribution in [-0.4, -0.2) is 93.3 Å². The van der Waals surface area contributed by atoms with Gasteiger partial charge >= 0.3 is 5.97 Å². The minimum Gasteiger partial charge on any atom is -0.508 e. The Kier molecular flexibility index (Phi) is 36.2. The van der Waals surface area contributed by atoms with Crippen LogP contribution in [0, 0.1) is 0 Å². The van der Waals surface area contributed by atoms with Gasteiger partial charge < -0.3 is 44.8 Å². The number of amides is 2. The van der Waals surface area contributed by atoms with Crippen LogP contribution in [0.15, 0.2) is 124 Å². The maximum absolute atomic E-state index is 12.9. The van der Waals surface area contributed by atoms with Gasteiger partial charge in [-0.2, -0.15) is 0 Å². The Hall–Kier alpha value is -6.12. The third-order valence-corrected chi connectivity index (χ3v) is 10.4. The molecule has 13 nitrogen and oxygen atoms in total. The van der Waals surface area contributed by atoms with Crippen LogP contribution >= 0.6 is 11.6 Å². The largest absolute Gasteiger partial charge is 0.508 e. The van der Waals surface area contributed by atoms with E-state index in [1.165, 1.54) is 41.5 Å². The number of fused-ring (bicyclic) bond motifs is 2. The maximum atomic E-state index is 12.9. The van der Waals surface area contributed by atoms with E-state index in [2.05, 4.69) is 75.5 Å². The van der Waals surface area contributed by atoms with Gasteiger partial charge in [-0.3, -0.25) is 14.4 Å². The zero-order valence-corrected chi connectivity index (χ0v) is 44.1. The summed E-state index contributed by atoms with van der Waals surface area (Å²) in [5.74, 6) is -0.812. The van der Waals surface area contributed by atoms with E-state index in [1.54, 1.807) is 30.3 Å². The zero-order valence-electron chi connectivity index (χ0n) is 43.3. The highest BCUT2D eigenvalue weighted by Gasteiger charge is 2.23. The summed E-state index contributed by atoms with van der Waals surface area (Å²) >= 11 is 5.66. The van der Waals surface area contributed by atoms with Crippen LogP contribution in [0.2, 0.25) is 0 Å². The van der Waals surface area contributed by atoms with Gasteiger partial charge in [-0.15, -0.1) is 11.6 Å². The second-order valence-corrected chi connectivity index (χ2v) is 16.5. The minimum atomic E-state index is -1.23. The molecule has 1 aliphatic heterocycles. The van der Waals surface area contributed by atoms with Crippen molar-refractivity contribution in [2.75, 3.05) is 58.5 Å². The molecule has 0 saturated heterocycles. The lowest BCUT2D eigenvalue weighted by atomic mass is 9.90. The van der Waals surface area contributed by atoms with Crippen LogP contribution in [0.1, 0.15) is 121 Å². The van der Waals surface area contributed by atoms with Crippen molar-refractivity contribution in [3.05, 3.63) is 136 Å². The van der Waals surface area contributed by atoms with Crippen molar-refractivity contribution in [1.82, 2.24) is 16.0 Å². The Balaban J connectivity index is 0.00000186. The quantitative estimate of drug-likeness (QED) is 0.0165. The predicted octanol–water partition coefficient (Wildman–Crippen LogP) is 11.9. The third-order valence-electron chi connectivity index (χ3n) is 10.2. The number of carbonyl (C=O) groups is 4. The smallest absolute Gasteiger partial charge is 0.336 e. The number of hydrogen-bond donors (Lipinski definition) is 5. The second-order valence-electron chi connectivity index (χ2n) is 16.1. The number of ether oxygens (including phenoxy) is 2. The van der Waals surface area contributed by atoms with E-state index in [-0.39, 0.29) is 39.6 Å². The molecule has 4 rings (SSSR count). The summed E-state index contributed by atoms with van der Waals surface area (Å²) < 4.78 is 16.9. The van der Waals surface area contributed by atoms with Crippen molar-refractivity contribution in [3.63, 3.8) is 0 Å². The van der Waals surface area contributed by atoms with Crippen molar-refractivity contribution in [2.24, 2.45) is 0 Å². The fraction of sp³-hybridized carbons (Fsp3) is 0.421. The zero-order chi connectivity index (χ0) is 53.6. The van der Waals surface area contributed by atoms with Gasteiger partial charge in [0.1, 0.15) is 23.9 Å². The number of phenols is 1. The van der Waals surface area contributed by atoms with E-state index < -0.39 is 11.9 Å². The van der Waals surface area contributed by atoms with E-state index in [0.717, 1.165) is 56.3 Å². The molecule has 2 amide bonds. The molecule has 5 N–H and O–H groups in total. The lowest BCUT2D eigenvalue weighted by molar-refractivity contribution is -0.121. The summed E-state index contributed by atoms with van der Waals surface area (Å²) in [5.41, 5.74) is 6.17. The predicted molar refractivity (Wildman–Crippen MR) is 292 cm³/mol. The molecule has 0 saturated carbocycles. The molecule has 0 aromatic heterocycles. The molecule has 0 unspecified atom stereocenters. The van der Waals surface area contributed by atoms with E-state index in [1.807, 2.05) is 27.6 Å². The standard InChI is InChI=1S/C37H43ClN2O9.C10H16.C7H13N.C2H6.CH2O/c38-15-5-1-2-7-18-47-20-21-48-19-17-39-34(43)8-4-3-6-16-40-36(44)25-9-12-28(31(22-25)37(45)46)35-29-13-10-26(41)23-32(29)49-33-24-27(42)11-14-30(33)35;1-8(2)6-7-10(5)9(3)4;1-4-7(3)6-8-5-2;2*1-2/h9-14,22-24,41H,1-8,15-21H2,(H,39,43)(H,40,44)(H,45,46);6-7H,3H2,1-2,4-5H3;4,8H,1,3,5-6H2,2H3;1-2H3;1H2/b;10-7-;;;. The van der Waals surface area contributed by atoms with Crippen molar-refractivity contribution in [3.8, 4) is 28.2 Å². The van der Waals surface area contributed by atoms with Gasteiger partial charge in [0.25, 0.3) is 5.91 Å². The Morgan fingerprint density at radius 3 is 2.07 bits per heavy atom. The Morgan fingerprint density at radius 1 is 0.775 bits per heavy atom. The van der Waals surface area contributed by atoms with Crippen LogP contribution in [0.3, 0.4) is 0 Å². The minimum absolute atomic E-state index is 0.0487. The SMILES string of the molecule is C=C(C)/C(C)=C\C=C(C)C.C=CC(=C)CNCC.C=O.CC.O=C(CCCCCNC(=O)c1ccc(-c2c3ccc(=O)cc-3oc3cc(O)ccc23)c(C(=O)O)c1)NCCOCCOCCCCCCCl. The maximum Gasteiger partial charge on any atom is 0.336 e. The van der Waals surface area contributed by atoms with Gasteiger partial charge in [0, 0.05) is 72.8 Å². The number of benzene rings is 3. The summed E-state index contributed by atoms with van der Waals surface area (Å²) in [5, 5.41) is 29.5. The molecule has 0 fully saturated rings. The van der Waals surface area contributed by atoms with Crippen LogP contribution < -0.4 is 21.4 Å². The lowest BCUT2D eigenvalue weighted by Gasteiger charge is -2.17. The number of aromatic hydroxyl groups is 1. The summed E-state index contributed by atoms with van der Waals surface area (Å²) in [6.45, 7) is 32.3. The number of carboxylic acids is 1. The van der Waals surface area contributed by atoms with Crippen molar-refractivity contribution < 1.29 is 43.3 Å². The van der Waals surface area contributed by atoms with Gasteiger partial charge in [0.2, 0.25) is 5.91 Å². The summed E-state index contributed by atoms with van der Waals surface area (Å²) in [6.07, 6.45) is 12.7. The number of unbranched alkanes of at least 4 members (excludes halogenated alkanes) is 5. The van der Waals surface area contributed by atoms with E-state index in [9.17, 15) is 29.4 Å². The normalized spacial score (nSPS) is 10.4. The number of nitrogens with one attached hydrogen (secondary N) is 3. The number of carbonyl (C=O) groups excluding carboxylic acids is 3. The first kappa shape index (κ1) is 64.9. The van der Waals surface area contributed by atoms with E-state index in [0.29, 0.717) is 86.7 Å². The Labute approximate surface area is 427 Å². The number of rotatable bonds is 27. The first-order valence-electron chi connectivity index (χ1n) is 24.2. The molecule has 2 aliphatic rings. The number of hydrogen-bond acceptors (Lipinski definition) is 10. The average Bonchev–Trinajstić information content (AvgIpc) is 3.36. The highest BCUT2D eigenvalue weighted by atomic mass is 35.5. The Morgan fingerprint density at radius 2 is 1.44 bits per heavy atom. The first-order valence-corrected chi connectivity index (χ1v) is 24.8. The van der Waals surface area contributed by atoms with Crippen LogP contribution in [-0.2, 0) is 19.1 Å². The van der Waals surface area contributed by atoms with E-state index >= 15 is 0 Å². The van der Waals surface area contributed by atoms with Gasteiger partial charge in [-0.05, 0) is 113 Å². The van der Waals surface area contributed by atoms with Gasteiger partial charge in [0.15, 0.2) is 5.43 Å². The lowest BCUT2D eigenvalue weighted by Crippen LogP contribution is -2.27. The number of alkyl halides is 1. The molecule has 14 heteroatoms. The average molecular weight is 1000 g/mol. The monoisotopic (exact) mass is 1000 g/mol. The highest BCUT2D eigenvalue weighted by Crippen LogP contribution is 2.42. The first-order chi connectivity index (χ1) is 34.1. The fourth-order valence-corrected chi connectivity index (χ4v) is 6.43. The van der Waals surface area contributed by atoms with Crippen molar-refractivity contribution in [1.29, 1.82) is 0 Å². The molecule has 2 aromatic rings. The molecule has 0 radical (unpaired) electrons. The summed E-state index contributed by atoms with van der Waals surface area (Å²) in [4.78, 5) is 57.5. The highest BCUT2D eigenvalue weighted by molar-refractivity contribution is 6.17. The molecular formula is C57H80ClN3O10. The number of carboxylic acid groups (broad SMARTS) is 1. The molecule has 1 aliphatic carbocycles. The number of allylic oxidation sites excluding steroid dienone is 5. The topological polar surface area (TPSA) is 193 Å². The van der Waals surface area contributed by atoms with Crippen LogP contribution in [0.25, 0.3) is 33.4 Å². The van der Waals surface area contributed by atoms with Gasteiger partial charge in [0.05, 0.1) is 25.4 Å². The van der Waals surface area contributed by atoms with Crippen molar-refractivity contribution >= 4 is 47.1 Å². The second kappa shape index (κ2) is 39.6. The number of likely N-dealkylation sites (N-methyl/N-ethyl adjacent to an activating group) is 1. The molecule has 0 spiro atoms. The third kappa shape index (κ3) is 27.2. The molecule has 2 aromatic carbocycles. The summed E-state index contributed by atoms with van der Waals surface area (Å²) in [6, 6.07) is 13.2. The number of aromatic carboxylic acids is 1. The number of halogens is 1. The van der Waals surface area contributed by atoms with Gasteiger partial charge in [-0.1, -0.05) is 95.2 Å². The molecule has 0 atom stereocenters. The fourth-order valence-electron chi connectivity index (χ4n) is 6.24. The van der Waals surface area contributed by atoms with Crippen molar-refractivity contribution in [2.45, 2.75) is 99.8 Å². The molecule has 0 bridgehead atoms. The van der Waals surface area contributed by atoms with Crippen LogP contribution in [0.5, 0.6) is 5.75 Å².